The van der Waals surface area contributed by atoms with Gasteiger partial charge < -0.3 is 15.4 Å². The third-order valence-electron chi connectivity index (χ3n) is 4.75. The molecule has 2 heterocycles. The summed E-state index contributed by atoms with van der Waals surface area (Å²) in [5, 5.41) is 16.5. The maximum atomic E-state index is 12.7. The van der Waals surface area contributed by atoms with Gasteiger partial charge in [-0.05, 0) is 31.5 Å². The molecule has 0 saturated heterocycles. The van der Waals surface area contributed by atoms with Gasteiger partial charge in [-0.3, -0.25) is 29.5 Å². The lowest BCUT2D eigenvalue weighted by Crippen LogP contribution is -2.43. The molecule has 3 rings (SSSR count). The maximum absolute atomic E-state index is 12.7. The van der Waals surface area contributed by atoms with Crippen LogP contribution < -0.4 is 10.6 Å². The van der Waals surface area contributed by atoms with Crippen LogP contribution in [0.15, 0.2) is 36.7 Å². The monoisotopic (exact) mass is 398 g/mol. The van der Waals surface area contributed by atoms with Gasteiger partial charge in [-0.25, -0.2) is 0 Å². The van der Waals surface area contributed by atoms with Crippen molar-refractivity contribution in [2.24, 2.45) is 0 Å². The molecule has 10 nitrogen and oxygen atoms in total. The van der Waals surface area contributed by atoms with E-state index in [2.05, 4.69) is 15.6 Å². The van der Waals surface area contributed by atoms with Gasteiger partial charge in [0.25, 0.3) is 11.6 Å². The van der Waals surface area contributed by atoms with E-state index in [-0.39, 0.29) is 35.5 Å². The van der Waals surface area contributed by atoms with Gasteiger partial charge >= 0.3 is 5.97 Å². The van der Waals surface area contributed by atoms with Crippen molar-refractivity contribution in [1.29, 1.82) is 0 Å². The number of aromatic nitrogens is 1. The lowest BCUT2D eigenvalue weighted by atomic mass is 9.79. The first-order chi connectivity index (χ1) is 13.8. The summed E-state index contributed by atoms with van der Waals surface area (Å²) in [5.41, 5.74) is -1.65. The number of fused-ring (bicyclic) bond motifs is 1. The first-order valence-electron chi connectivity index (χ1n) is 8.88. The standard InChI is InChI=1S/C19H18N4O6/c1-3-19(18(26)29-4-2)12-8-14(21-16(24)11-6-5-7-20-10-11)15(23(27)28)9-13(12)22-17(19)25/h5-10H,3-4H2,1-2H3,(H,21,24)(H,22,25). The molecule has 2 aromatic rings. The van der Waals surface area contributed by atoms with Gasteiger partial charge in [0.2, 0.25) is 5.91 Å². The summed E-state index contributed by atoms with van der Waals surface area (Å²) in [6, 6.07) is 5.46. The second-order valence-corrected chi connectivity index (χ2v) is 6.30. The Bertz CT molecular complexity index is 1010. The molecule has 0 radical (unpaired) electrons. The van der Waals surface area contributed by atoms with Crippen LogP contribution in [0.4, 0.5) is 17.1 Å². The Morgan fingerprint density at radius 2 is 2.10 bits per heavy atom. The molecule has 1 aliphatic heterocycles. The van der Waals surface area contributed by atoms with E-state index in [4.69, 9.17) is 4.74 Å². The highest BCUT2D eigenvalue weighted by Crippen LogP contribution is 2.45. The molecule has 1 aromatic heterocycles. The number of amides is 2. The quantitative estimate of drug-likeness (QED) is 0.329. The fraction of sp³-hybridized carbons (Fsp3) is 0.263. The predicted molar refractivity (Wildman–Crippen MR) is 103 cm³/mol. The van der Waals surface area contributed by atoms with Crippen LogP contribution in [0.25, 0.3) is 0 Å². The van der Waals surface area contributed by atoms with Crippen LogP contribution in [0.5, 0.6) is 0 Å². The third kappa shape index (κ3) is 3.28. The Hall–Kier alpha value is -3.82. The van der Waals surface area contributed by atoms with Crippen molar-refractivity contribution < 1.29 is 24.0 Å². The van der Waals surface area contributed by atoms with Gasteiger partial charge in [0, 0.05) is 24.0 Å². The summed E-state index contributed by atoms with van der Waals surface area (Å²) in [6.07, 6.45) is 2.88. The highest BCUT2D eigenvalue weighted by Gasteiger charge is 2.53. The number of benzene rings is 1. The van der Waals surface area contributed by atoms with Crippen LogP contribution in [-0.4, -0.2) is 34.3 Å². The highest BCUT2D eigenvalue weighted by molar-refractivity contribution is 6.20. The summed E-state index contributed by atoms with van der Waals surface area (Å²) in [4.78, 5) is 52.5. The zero-order valence-corrected chi connectivity index (χ0v) is 15.7. The lowest BCUT2D eigenvalue weighted by Gasteiger charge is -2.23. The van der Waals surface area contributed by atoms with E-state index in [1.165, 1.54) is 24.5 Å². The largest absolute Gasteiger partial charge is 0.465 e. The van der Waals surface area contributed by atoms with Crippen molar-refractivity contribution >= 4 is 34.8 Å². The van der Waals surface area contributed by atoms with Crippen molar-refractivity contribution in [3.8, 4) is 0 Å². The molecule has 2 amide bonds. The summed E-state index contributed by atoms with van der Waals surface area (Å²) in [7, 11) is 0. The number of carbonyl (C=O) groups excluding carboxylic acids is 3. The van der Waals surface area contributed by atoms with E-state index in [1.807, 2.05) is 0 Å². The normalized spacial score (nSPS) is 17.2. The number of pyridine rings is 1. The van der Waals surface area contributed by atoms with Crippen LogP contribution in [0.3, 0.4) is 0 Å². The van der Waals surface area contributed by atoms with Gasteiger partial charge in [0.1, 0.15) is 5.69 Å². The van der Waals surface area contributed by atoms with Crippen molar-refractivity contribution in [2.75, 3.05) is 17.2 Å². The lowest BCUT2D eigenvalue weighted by molar-refractivity contribution is -0.383. The summed E-state index contributed by atoms with van der Waals surface area (Å²) in [6.45, 7) is 3.33. The van der Waals surface area contributed by atoms with Crippen molar-refractivity contribution in [3.05, 3.63) is 57.9 Å². The zero-order chi connectivity index (χ0) is 21.2. The molecular formula is C19H18N4O6. The molecule has 0 spiro atoms. The van der Waals surface area contributed by atoms with Gasteiger partial charge in [0.15, 0.2) is 5.41 Å². The first-order valence-corrected chi connectivity index (χ1v) is 8.88. The fourth-order valence-electron chi connectivity index (χ4n) is 3.29. The topological polar surface area (TPSA) is 141 Å². The number of rotatable bonds is 6. The number of nitrogens with zero attached hydrogens (tertiary/aromatic N) is 2. The van der Waals surface area contributed by atoms with Crippen LogP contribution in [-0.2, 0) is 19.7 Å². The van der Waals surface area contributed by atoms with E-state index in [9.17, 15) is 24.5 Å². The zero-order valence-electron chi connectivity index (χ0n) is 15.7. The number of nitro groups is 1. The highest BCUT2D eigenvalue weighted by atomic mass is 16.6. The molecule has 0 saturated carbocycles. The molecular weight excluding hydrogens is 380 g/mol. The second kappa shape index (κ2) is 7.66. The number of hydrogen-bond acceptors (Lipinski definition) is 7. The fourth-order valence-corrected chi connectivity index (χ4v) is 3.29. The van der Waals surface area contributed by atoms with Gasteiger partial charge in [-0.2, -0.15) is 0 Å². The molecule has 2 N–H and O–H groups in total. The second-order valence-electron chi connectivity index (χ2n) is 6.30. The smallest absolute Gasteiger partial charge is 0.326 e. The van der Waals surface area contributed by atoms with E-state index < -0.39 is 33.8 Å². The molecule has 0 bridgehead atoms. The molecule has 1 aromatic carbocycles. The number of hydrogen-bond donors (Lipinski definition) is 2. The average Bonchev–Trinajstić information content (AvgIpc) is 2.99. The van der Waals surface area contributed by atoms with Crippen LogP contribution >= 0.6 is 0 Å². The number of esters is 1. The molecule has 0 fully saturated rings. The van der Waals surface area contributed by atoms with Crippen molar-refractivity contribution in [1.82, 2.24) is 4.98 Å². The minimum absolute atomic E-state index is 0.0702. The van der Waals surface area contributed by atoms with E-state index in [1.54, 1.807) is 19.9 Å². The van der Waals surface area contributed by atoms with E-state index in [0.717, 1.165) is 6.07 Å². The number of nitro benzene ring substituents is 1. The van der Waals surface area contributed by atoms with Crippen molar-refractivity contribution in [2.45, 2.75) is 25.7 Å². The van der Waals surface area contributed by atoms with Gasteiger partial charge in [-0.15, -0.1) is 0 Å². The van der Waals surface area contributed by atoms with Crippen LogP contribution in [0, 0.1) is 10.1 Å². The number of anilines is 2. The molecule has 1 aliphatic rings. The predicted octanol–water partition coefficient (Wildman–Crippen LogP) is 2.41. The first kappa shape index (κ1) is 19.9. The Labute approximate surface area is 165 Å². The number of carbonyl (C=O) groups is 3. The van der Waals surface area contributed by atoms with Crippen LogP contribution in [0.2, 0.25) is 0 Å². The number of ether oxygens (including phenoxy) is 1. The molecule has 1 atom stereocenters. The number of nitrogens with one attached hydrogen (secondary N) is 2. The summed E-state index contributed by atoms with van der Waals surface area (Å²) < 4.78 is 5.09. The van der Waals surface area contributed by atoms with Crippen LogP contribution in [0.1, 0.15) is 36.2 Å². The third-order valence-corrected chi connectivity index (χ3v) is 4.75. The molecule has 150 valence electrons. The minimum atomic E-state index is -1.64. The van der Waals surface area contributed by atoms with Gasteiger partial charge in [0.05, 0.1) is 22.8 Å². The Kier molecular flexibility index (Phi) is 5.26. The summed E-state index contributed by atoms with van der Waals surface area (Å²) in [5.74, 6) is -1.99. The molecule has 10 heteroatoms. The SMILES string of the molecule is CCOC(=O)C1(CC)C(=O)Nc2cc([N+](=O)[O-])c(NC(=O)c3cccnc3)cc21. The van der Waals surface area contributed by atoms with E-state index >= 15 is 0 Å². The average molecular weight is 398 g/mol. The van der Waals surface area contributed by atoms with Crippen molar-refractivity contribution in [3.63, 3.8) is 0 Å². The van der Waals surface area contributed by atoms with E-state index in [0.29, 0.717) is 0 Å². The maximum Gasteiger partial charge on any atom is 0.326 e. The molecule has 1 unspecified atom stereocenters. The Morgan fingerprint density at radius 1 is 1.34 bits per heavy atom. The van der Waals surface area contributed by atoms with Gasteiger partial charge in [-0.1, -0.05) is 6.92 Å². The Morgan fingerprint density at radius 3 is 2.69 bits per heavy atom. The molecule has 29 heavy (non-hydrogen) atoms. The molecule has 0 aliphatic carbocycles. The Balaban J connectivity index is 2.12. The summed E-state index contributed by atoms with van der Waals surface area (Å²) >= 11 is 0. The minimum Gasteiger partial charge on any atom is -0.465 e.